The van der Waals surface area contributed by atoms with Gasteiger partial charge in [0.25, 0.3) is 0 Å². The van der Waals surface area contributed by atoms with E-state index in [1.165, 1.54) is 17.7 Å². The molecule has 0 aliphatic heterocycles. The third kappa shape index (κ3) is 4.31. The standard InChI is InChI=1S/C17H32N2S/c1-6-15(5)11-17(7-2,13-18)19(14(3)4)12-16-9-8-10-20-16/h8-10,14-15H,6-7,11-13,18H2,1-5H3. The molecule has 1 rings (SSSR count). The second-order valence-electron chi connectivity index (χ2n) is 6.30. The van der Waals surface area contributed by atoms with E-state index in [0.29, 0.717) is 6.04 Å². The topological polar surface area (TPSA) is 29.3 Å². The van der Waals surface area contributed by atoms with Crippen molar-refractivity contribution in [3.05, 3.63) is 22.4 Å². The Morgan fingerprint density at radius 2 is 2.00 bits per heavy atom. The molecule has 0 aromatic carbocycles. The summed E-state index contributed by atoms with van der Waals surface area (Å²) in [4.78, 5) is 4.07. The normalized spacial score (nSPS) is 16.6. The molecule has 3 heteroatoms. The van der Waals surface area contributed by atoms with Crippen LogP contribution in [0.4, 0.5) is 0 Å². The fourth-order valence-electron chi connectivity index (χ4n) is 3.07. The summed E-state index contributed by atoms with van der Waals surface area (Å²) < 4.78 is 0. The van der Waals surface area contributed by atoms with Crippen LogP contribution in [0.3, 0.4) is 0 Å². The van der Waals surface area contributed by atoms with Crippen LogP contribution in [0.2, 0.25) is 0 Å². The van der Waals surface area contributed by atoms with Gasteiger partial charge in [-0.2, -0.15) is 0 Å². The molecule has 0 fully saturated rings. The van der Waals surface area contributed by atoms with E-state index in [9.17, 15) is 0 Å². The van der Waals surface area contributed by atoms with Crippen LogP contribution in [-0.4, -0.2) is 23.0 Å². The summed E-state index contributed by atoms with van der Waals surface area (Å²) in [5, 5.41) is 2.17. The van der Waals surface area contributed by atoms with Gasteiger partial charge in [0, 0.05) is 29.5 Å². The van der Waals surface area contributed by atoms with Crippen LogP contribution >= 0.6 is 11.3 Å². The number of rotatable bonds is 9. The average Bonchev–Trinajstić information content (AvgIpc) is 2.95. The molecular weight excluding hydrogens is 264 g/mol. The van der Waals surface area contributed by atoms with E-state index in [2.05, 4.69) is 57.0 Å². The summed E-state index contributed by atoms with van der Waals surface area (Å²) in [5.74, 6) is 0.725. The highest BCUT2D eigenvalue weighted by atomic mass is 32.1. The van der Waals surface area contributed by atoms with E-state index in [1.54, 1.807) is 0 Å². The van der Waals surface area contributed by atoms with Crippen LogP contribution in [-0.2, 0) is 6.54 Å². The highest BCUT2D eigenvalue weighted by Gasteiger charge is 2.36. The van der Waals surface area contributed by atoms with Gasteiger partial charge in [0.2, 0.25) is 0 Å². The Labute approximate surface area is 129 Å². The van der Waals surface area contributed by atoms with Gasteiger partial charge in [0.05, 0.1) is 0 Å². The van der Waals surface area contributed by atoms with Gasteiger partial charge in [-0.1, -0.05) is 33.3 Å². The molecule has 2 nitrogen and oxygen atoms in total. The molecule has 1 aromatic heterocycles. The lowest BCUT2D eigenvalue weighted by Crippen LogP contribution is -2.56. The molecule has 20 heavy (non-hydrogen) atoms. The van der Waals surface area contributed by atoms with Crippen molar-refractivity contribution in [1.29, 1.82) is 0 Å². The Bertz CT molecular complexity index is 355. The third-order valence-corrected chi connectivity index (χ3v) is 5.46. The van der Waals surface area contributed by atoms with Crippen molar-refractivity contribution in [2.75, 3.05) is 6.54 Å². The minimum absolute atomic E-state index is 0.133. The molecule has 1 aromatic rings. The van der Waals surface area contributed by atoms with Crippen LogP contribution in [0.5, 0.6) is 0 Å². The summed E-state index contributed by atoms with van der Waals surface area (Å²) in [5.41, 5.74) is 6.38. The molecular formula is C17H32N2S. The van der Waals surface area contributed by atoms with Gasteiger partial charge in [0.1, 0.15) is 0 Å². The highest BCUT2D eigenvalue weighted by molar-refractivity contribution is 7.09. The predicted octanol–water partition coefficient (Wildman–Crippen LogP) is 4.50. The van der Waals surface area contributed by atoms with Gasteiger partial charge in [-0.05, 0) is 44.1 Å². The first-order valence-electron chi connectivity index (χ1n) is 7.98. The number of thiophene rings is 1. The van der Waals surface area contributed by atoms with Crippen molar-refractivity contribution in [2.24, 2.45) is 11.7 Å². The molecule has 0 bridgehead atoms. The summed E-state index contributed by atoms with van der Waals surface area (Å²) >= 11 is 1.85. The average molecular weight is 297 g/mol. The van der Waals surface area contributed by atoms with Crippen LogP contribution in [0.15, 0.2) is 17.5 Å². The van der Waals surface area contributed by atoms with E-state index in [-0.39, 0.29) is 5.54 Å². The Hall–Kier alpha value is -0.380. The molecule has 0 saturated heterocycles. The lowest BCUT2D eigenvalue weighted by molar-refractivity contribution is 0.0309. The van der Waals surface area contributed by atoms with Crippen molar-refractivity contribution in [3.8, 4) is 0 Å². The van der Waals surface area contributed by atoms with Gasteiger partial charge in [0.15, 0.2) is 0 Å². The highest BCUT2D eigenvalue weighted by Crippen LogP contribution is 2.32. The summed E-state index contributed by atoms with van der Waals surface area (Å²) in [7, 11) is 0. The Morgan fingerprint density at radius 1 is 1.30 bits per heavy atom. The first-order chi connectivity index (χ1) is 9.49. The maximum absolute atomic E-state index is 6.25. The Morgan fingerprint density at radius 3 is 2.40 bits per heavy atom. The second kappa shape index (κ2) is 8.16. The smallest absolute Gasteiger partial charge is 0.0338 e. The van der Waals surface area contributed by atoms with Crippen LogP contribution < -0.4 is 5.73 Å². The number of nitrogens with zero attached hydrogens (tertiary/aromatic N) is 1. The zero-order chi connectivity index (χ0) is 15.2. The van der Waals surface area contributed by atoms with Gasteiger partial charge >= 0.3 is 0 Å². The quantitative estimate of drug-likeness (QED) is 0.727. The van der Waals surface area contributed by atoms with E-state index < -0.39 is 0 Å². The summed E-state index contributed by atoms with van der Waals surface area (Å²) in [6.45, 7) is 13.3. The van der Waals surface area contributed by atoms with E-state index in [1.807, 2.05) is 11.3 Å². The summed E-state index contributed by atoms with van der Waals surface area (Å²) in [6, 6.07) is 4.90. The second-order valence-corrected chi connectivity index (χ2v) is 7.33. The van der Waals surface area contributed by atoms with Crippen molar-refractivity contribution in [3.63, 3.8) is 0 Å². The molecule has 0 aliphatic carbocycles. The molecule has 0 radical (unpaired) electrons. The first-order valence-corrected chi connectivity index (χ1v) is 8.86. The Balaban J connectivity index is 2.98. The molecule has 2 N–H and O–H groups in total. The van der Waals surface area contributed by atoms with Crippen molar-refractivity contribution >= 4 is 11.3 Å². The molecule has 0 saturated carbocycles. The molecule has 0 spiro atoms. The Kier molecular flexibility index (Phi) is 7.21. The molecule has 0 amide bonds. The van der Waals surface area contributed by atoms with Crippen molar-refractivity contribution in [2.45, 2.75) is 72.0 Å². The number of hydrogen-bond acceptors (Lipinski definition) is 3. The minimum atomic E-state index is 0.133. The van der Waals surface area contributed by atoms with E-state index >= 15 is 0 Å². The van der Waals surface area contributed by atoms with E-state index in [4.69, 9.17) is 5.73 Å². The van der Waals surface area contributed by atoms with E-state index in [0.717, 1.165) is 25.4 Å². The zero-order valence-corrected chi connectivity index (χ0v) is 14.7. The first kappa shape index (κ1) is 17.7. The number of nitrogens with two attached hydrogens (primary N) is 1. The maximum atomic E-state index is 6.25. The zero-order valence-electron chi connectivity index (χ0n) is 13.9. The lowest BCUT2D eigenvalue weighted by atomic mass is 9.82. The van der Waals surface area contributed by atoms with Gasteiger partial charge in [-0.3, -0.25) is 4.90 Å². The minimum Gasteiger partial charge on any atom is -0.329 e. The van der Waals surface area contributed by atoms with Crippen molar-refractivity contribution < 1.29 is 0 Å². The largest absolute Gasteiger partial charge is 0.329 e. The predicted molar refractivity (Wildman–Crippen MR) is 91.1 cm³/mol. The van der Waals surface area contributed by atoms with Crippen LogP contribution in [0, 0.1) is 5.92 Å². The fraction of sp³-hybridized carbons (Fsp3) is 0.765. The number of hydrogen-bond donors (Lipinski definition) is 1. The van der Waals surface area contributed by atoms with Gasteiger partial charge < -0.3 is 5.73 Å². The lowest BCUT2D eigenvalue weighted by Gasteiger charge is -2.47. The maximum Gasteiger partial charge on any atom is 0.0338 e. The monoisotopic (exact) mass is 296 g/mol. The summed E-state index contributed by atoms with van der Waals surface area (Å²) in [6.07, 6.45) is 3.55. The van der Waals surface area contributed by atoms with Crippen molar-refractivity contribution in [1.82, 2.24) is 4.90 Å². The molecule has 2 atom stereocenters. The molecule has 116 valence electrons. The van der Waals surface area contributed by atoms with Gasteiger partial charge in [-0.25, -0.2) is 0 Å². The van der Waals surface area contributed by atoms with Gasteiger partial charge in [-0.15, -0.1) is 11.3 Å². The van der Waals surface area contributed by atoms with Crippen LogP contribution in [0.25, 0.3) is 0 Å². The fourth-order valence-corrected chi connectivity index (χ4v) is 3.77. The van der Waals surface area contributed by atoms with Crippen LogP contribution in [0.1, 0.15) is 58.8 Å². The SMILES string of the molecule is CCC(C)CC(CC)(CN)N(Cc1cccs1)C(C)C. The third-order valence-electron chi connectivity index (χ3n) is 4.60. The molecule has 2 unspecified atom stereocenters. The molecule has 1 heterocycles. The molecule has 0 aliphatic rings.